The van der Waals surface area contributed by atoms with Crippen molar-refractivity contribution in [3.8, 4) is 11.5 Å². The number of ether oxygens (including phenoxy) is 2. The van der Waals surface area contributed by atoms with Gasteiger partial charge in [0.25, 0.3) is 0 Å². The fraction of sp³-hybridized carbons (Fsp3) is 0.0556. The van der Waals surface area contributed by atoms with Crippen LogP contribution in [-0.4, -0.2) is 18.0 Å². The van der Waals surface area contributed by atoms with Gasteiger partial charge in [0.1, 0.15) is 5.82 Å². The van der Waals surface area contributed by atoms with Crippen molar-refractivity contribution in [1.82, 2.24) is 0 Å². The zero-order chi connectivity index (χ0) is 18.2. The van der Waals surface area contributed by atoms with Gasteiger partial charge in [0.15, 0.2) is 11.5 Å². The molecule has 0 aliphatic rings. The molecule has 2 aromatic rings. The fourth-order valence-electron chi connectivity index (χ4n) is 1.90. The number of methoxy groups -OCH3 is 1. The van der Waals surface area contributed by atoms with Gasteiger partial charge in [-0.2, -0.15) is 0 Å². The highest BCUT2D eigenvalue weighted by Crippen LogP contribution is 2.28. The molecule has 0 unspecified atom stereocenters. The molecule has 0 heterocycles. The van der Waals surface area contributed by atoms with Gasteiger partial charge in [-0.1, -0.05) is 18.2 Å². The van der Waals surface area contributed by atoms with E-state index in [-0.39, 0.29) is 17.3 Å². The minimum Gasteiger partial charge on any atom is -0.493 e. The lowest BCUT2D eigenvalue weighted by atomic mass is 10.2. The predicted octanol–water partition coefficient (Wildman–Crippen LogP) is 3.70. The lowest BCUT2D eigenvalue weighted by molar-refractivity contribution is -0.400. The van der Waals surface area contributed by atoms with Gasteiger partial charge in [-0.25, -0.2) is 9.18 Å². The maximum Gasteiger partial charge on any atom is 0.336 e. The lowest BCUT2D eigenvalue weighted by Crippen LogP contribution is -2.05. The third-order valence-electron chi connectivity index (χ3n) is 3.07. The van der Waals surface area contributed by atoms with Crippen LogP contribution >= 0.6 is 0 Å². The first-order chi connectivity index (χ1) is 12.0. The summed E-state index contributed by atoms with van der Waals surface area (Å²) in [6, 6.07) is 10.1. The summed E-state index contributed by atoms with van der Waals surface area (Å²) in [7, 11) is 1.39. The van der Waals surface area contributed by atoms with Crippen LogP contribution in [0.5, 0.6) is 11.5 Å². The van der Waals surface area contributed by atoms with Crippen LogP contribution < -0.4 is 9.47 Å². The Labute approximate surface area is 143 Å². The van der Waals surface area contributed by atoms with E-state index in [4.69, 9.17) is 9.47 Å². The van der Waals surface area contributed by atoms with E-state index >= 15 is 0 Å². The molecule has 2 rings (SSSR count). The van der Waals surface area contributed by atoms with Gasteiger partial charge in [-0.15, -0.1) is 0 Å². The molecule has 128 valence electrons. The molecule has 0 atom stereocenters. The minimum atomic E-state index is -0.642. The average Bonchev–Trinajstić information content (AvgIpc) is 2.60. The summed E-state index contributed by atoms with van der Waals surface area (Å²) in [5.41, 5.74) is 1.17. The standard InChI is InChI=1S/C18H14FNO5/c1-24-17-12-14(10-11-20(22)23)4-8-16(17)25-18(21)9-5-13-2-6-15(19)7-3-13/h2-12H,1H3/b9-5+,11-10+. The van der Waals surface area contributed by atoms with Gasteiger partial charge in [-0.05, 0) is 41.5 Å². The summed E-state index contributed by atoms with van der Waals surface area (Å²) < 4.78 is 23.1. The molecule has 2 aromatic carbocycles. The van der Waals surface area contributed by atoms with Crippen LogP contribution in [0.25, 0.3) is 12.2 Å². The molecule has 7 heteroatoms. The van der Waals surface area contributed by atoms with Crippen molar-refractivity contribution >= 4 is 18.1 Å². The Kier molecular flexibility index (Phi) is 6.00. The zero-order valence-corrected chi connectivity index (χ0v) is 13.2. The Morgan fingerprint density at radius 1 is 1.08 bits per heavy atom. The number of hydrogen-bond donors (Lipinski definition) is 0. The summed E-state index contributed by atoms with van der Waals surface area (Å²) in [6.45, 7) is 0. The van der Waals surface area contributed by atoms with Gasteiger partial charge in [0.05, 0.1) is 12.0 Å². The van der Waals surface area contributed by atoms with Crippen molar-refractivity contribution in [3.63, 3.8) is 0 Å². The summed E-state index contributed by atoms with van der Waals surface area (Å²) in [4.78, 5) is 21.6. The summed E-state index contributed by atoms with van der Waals surface area (Å²) >= 11 is 0. The van der Waals surface area contributed by atoms with E-state index in [1.54, 1.807) is 6.07 Å². The van der Waals surface area contributed by atoms with Gasteiger partial charge < -0.3 is 9.47 Å². The van der Waals surface area contributed by atoms with Crippen LogP contribution in [-0.2, 0) is 4.79 Å². The Hall–Kier alpha value is -3.48. The number of rotatable bonds is 6. The van der Waals surface area contributed by atoms with E-state index in [1.165, 1.54) is 61.7 Å². The van der Waals surface area contributed by atoms with Crippen molar-refractivity contribution in [1.29, 1.82) is 0 Å². The van der Waals surface area contributed by atoms with Gasteiger partial charge in [-0.3, -0.25) is 10.1 Å². The number of carbonyl (C=O) groups is 1. The van der Waals surface area contributed by atoms with E-state index in [2.05, 4.69) is 0 Å². The van der Waals surface area contributed by atoms with Crippen LogP contribution in [0.2, 0.25) is 0 Å². The number of halogens is 1. The third-order valence-corrected chi connectivity index (χ3v) is 3.07. The van der Waals surface area contributed by atoms with Crippen LogP contribution in [0.4, 0.5) is 4.39 Å². The average molecular weight is 343 g/mol. The second-order valence-electron chi connectivity index (χ2n) is 4.82. The molecule has 0 aliphatic carbocycles. The molecule has 0 N–H and O–H groups in total. The van der Waals surface area contributed by atoms with E-state index in [0.717, 1.165) is 6.20 Å². The molecule has 0 fully saturated rings. The van der Waals surface area contributed by atoms with Crippen LogP contribution in [0.15, 0.2) is 54.7 Å². The molecule has 0 amide bonds. The predicted molar refractivity (Wildman–Crippen MR) is 90.1 cm³/mol. The zero-order valence-electron chi connectivity index (χ0n) is 13.2. The van der Waals surface area contributed by atoms with Crippen molar-refractivity contribution in [2.45, 2.75) is 0 Å². The number of carbonyl (C=O) groups excluding carboxylic acids is 1. The Bertz CT molecular complexity index is 828. The first-order valence-corrected chi connectivity index (χ1v) is 7.13. The molecular formula is C18H14FNO5. The van der Waals surface area contributed by atoms with Crippen LogP contribution in [0.3, 0.4) is 0 Å². The Morgan fingerprint density at radius 3 is 2.40 bits per heavy atom. The molecule has 0 saturated carbocycles. The highest BCUT2D eigenvalue weighted by atomic mass is 19.1. The van der Waals surface area contributed by atoms with E-state index < -0.39 is 10.9 Å². The van der Waals surface area contributed by atoms with Crippen molar-refractivity contribution < 1.29 is 23.6 Å². The Balaban J connectivity index is 2.09. The molecule has 0 aliphatic heterocycles. The molecule has 0 saturated heterocycles. The molecule has 25 heavy (non-hydrogen) atoms. The van der Waals surface area contributed by atoms with Crippen LogP contribution in [0.1, 0.15) is 11.1 Å². The topological polar surface area (TPSA) is 78.7 Å². The second kappa shape index (κ2) is 8.39. The first kappa shape index (κ1) is 17.9. The molecule has 6 nitrogen and oxygen atoms in total. The quantitative estimate of drug-likeness (QED) is 0.263. The highest BCUT2D eigenvalue weighted by molar-refractivity contribution is 5.89. The highest BCUT2D eigenvalue weighted by Gasteiger charge is 2.09. The maximum atomic E-state index is 12.8. The lowest BCUT2D eigenvalue weighted by Gasteiger charge is -2.08. The van der Waals surface area contributed by atoms with E-state index in [0.29, 0.717) is 11.1 Å². The number of benzene rings is 2. The second-order valence-corrected chi connectivity index (χ2v) is 4.82. The van der Waals surface area contributed by atoms with E-state index in [1.807, 2.05) is 0 Å². The van der Waals surface area contributed by atoms with E-state index in [9.17, 15) is 19.3 Å². The summed E-state index contributed by atoms with van der Waals surface area (Å²) in [6.07, 6.45) is 4.78. The summed E-state index contributed by atoms with van der Waals surface area (Å²) in [5, 5.41) is 10.3. The SMILES string of the molecule is COc1cc(/C=C/[N+](=O)[O-])ccc1OC(=O)/C=C/c1ccc(F)cc1. The molecule has 0 radical (unpaired) electrons. The van der Waals surface area contributed by atoms with Gasteiger partial charge in [0, 0.05) is 12.2 Å². The maximum absolute atomic E-state index is 12.8. The molecule has 0 aromatic heterocycles. The third kappa shape index (κ3) is 5.58. The number of nitrogens with zero attached hydrogens (tertiary/aromatic N) is 1. The normalized spacial score (nSPS) is 11.0. The summed E-state index contributed by atoms with van der Waals surface area (Å²) in [5.74, 6) is -0.574. The van der Waals surface area contributed by atoms with Crippen molar-refractivity contribution in [2.75, 3.05) is 7.11 Å². The van der Waals surface area contributed by atoms with Crippen molar-refractivity contribution in [2.24, 2.45) is 0 Å². The number of nitro groups is 1. The smallest absolute Gasteiger partial charge is 0.336 e. The number of hydrogen-bond acceptors (Lipinski definition) is 5. The molecule has 0 spiro atoms. The monoisotopic (exact) mass is 343 g/mol. The molecular weight excluding hydrogens is 329 g/mol. The largest absolute Gasteiger partial charge is 0.493 e. The van der Waals surface area contributed by atoms with Gasteiger partial charge in [0.2, 0.25) is 6.20 Å². The Morgan fingerprint density at radius 2 is 1.76 bits per heavy atom. The first-order valence-electron chi connectivity index (χ1n) is 7.13. The van der Waals surface area contributed by atoms with Crippen LogP contribution in [0, 0.1) is 15.9 Å². The van der Waals surface area contributed by atoms with Crippen molar-refractivity contribution in [3.05, 3.63) is 81.8 Å². The number of esters is 1. The molecule has 0 bridgehead atoms. The van der Waals surface area contributed by atoms with Gasteiger partial charge >= 0.3 is 5.97 Å². The minimum absolute atomic E-state index is 0.175. The fourth-order valence-corrected chi connectivity index (χ4v) is 1.90.